The third-order valence-corrected chi connectivity index (χ3v) is 13.2. The second kappa shape index (κ2) is 8.28. The van der Waals surface area contributed by atoms with E-state index in [4.69, 9.17) is 4.74 Å². The van der Waals surface area contributed by atoms with E-state index in [-0.39, 0.29) is 46.6 Å². The van der Waals surface area contributed by atoms with Crippen LogP contribution in [-0.2, 0) is 9.53 Å². The molecule has 0 aliphatic heterocycles. The predicted octanol–water partition coefficient (Wildman–Crippen LogP) is 4.24. The number of hydrogen-bond donors (Lipinski definition) is 4. The summed E-state index contributed by atoms with van der Waals surface area (Å²) < 4.78 is 5.44. The summed E-state index contributed by atoms with van der Waals surface area (Å²) in [5.74, 6) is -0.0739. The molecule has 37 heavy (non-hydrogen) atoms. The molecule has 5 aliphatic rings. The van der Waals surface area contributed by atoms with Crippen molar-refractivity contribution >= 4 is 5.97 Å². The van der Waals surface area contributed by atoms with Gasteiger partial charge in [-0.1, -0.05) is 53.2 Å². The highest BCUT2D eigenvalue weighted by atomic mass is 16.5. The van der Waals surface area contributed by atoms with Gasteiger partial charge in [-0.05, 0) is 84.9 Å². The number of carbonyl (C=O) groups is 1. The van der Waals surface area contributed by atoms with Gasteiger partial charge in [0, 0.05) is 11.3 Å². The van der Waals surface area contributed by atoms with Crippen molar-refractivity contribution in [2.75, 3.05) is 13.7 Å². The van der Waals surface area contributed by atoms with E-state index in [2.05, 4.69) is 40.7 Å². The maximum absolute atomic E-state index is 13.4. The monoisotopic (exact) mass is 518 g/mol. The van der Waals surface area contributed by atoms with Gasteiger partial charge in [0.25, 0.3) is 0 Å². The fourth-order valence-corrected chi connectivity index (χ4v) is 11.1. The van der Waals surface area contributed by atoms with Crippen LogP contribution in [0.25, 0.3) is 0 Å². The Balaban J connectivity index is 1.64. The highest BCUT2D eigenvalue weighted by Crippen LogP contribution is 2.75. The Bertz CT molecular complexity index is 990. The van der Waals surface area contributed by atoms with E-state index < -0.39 is 34.6 Å². The van der Waals surface area contributed by atoms with Gasteiger partial charge in [0.05, 0.1) is 37.4 Å². The molecule has 0 aromatic carbocycles. The summed E-state index contributed by atoms with van der Waals surface area (Å²) in [6.07, 6.45) is 6.02. The average Bonchev–Trinajstić information content (AvgIpc) is 2.82. The minimum atomic E-state index is -1.07. The summed E-state index contributed by atoms with van der Waals surface area (Å²) in [5.41, 5.74) is -0.810. The first-order valence-electron chi connectivity index (χ1n) is 14.5. The van der Waals surface area contributed by atoms with E-state index >= 15 is 0 Å². The van der Waals surface area contributed by atoms with Crippen LogP contribution < -0.4 is 0 Å². The number of esters is 1. The maximum atomic E-state index is 13.4. The normalized spacial score (nSPS) is 54.6. The first-order valence-corrected chi connectivity index (χ1v) is 14.5. The van der Waals surface area contributed by atoms with Crippen molar-refractivity contribution in [3.8, 4) is 0 Å². The van der Waals surface area contributed by atoms with Crippen LogP contribution in [0.3, 0.4) is 0 Å². The molecule has 0 amide bonds. The molecule has 0 unspecified atom stereocenters. The molecule has 4 saturated carbocycles. The van der Waals surface area contributed by atoms with Crippen LogP contribution in [0.2, 0.25) is 0 Å². The van der Waals surface area contributed by atoms with Gasteiger partial charge in [0.1, 0.15) is 0 Å². The van der Waals surface area contributed by atoms with Gasteiger partial charge in [-0.25, -0.2) is 0 Å². The number of aliphatic hydroxyl groups is 4. The lowest BCUT2D eigenvalue weighted by atomic mass is 9.33. The lowest BCUT2D eigenvalue weighted by Gasteiger charge is -2.72. The first-order chi connectivity index (χ1) is 17.1. The minimum absolute atomic E-state index is 0.0676. The van der Waals surface area contributed by atoms with Crippen molar-refractivity contribution in [1.82, 2.24) is 0 Å². The summed E-state index contributed by atoms with van der Waals surface area (Å²) in [4.78, 5) is 13.4. The quantitative estimate of drug-likeness (QED) is 0.322. The molecule has 5 rings (SSSR count). The first kappa shape index (κ1) is 27.6. The fraction of sp³-hybridized carbons (Fsp3) is 0.903. The molecule has 0 aromatic heterocycles. The van der Waals surface area contributed by atoms with Crippen molar-refractivity contribution in [2.45, 2.75) is 111 Å². The Kier molecular flexibility index (Phi) is 6.18. The van der Waals surface area contributed by atoms with Gasteiger partial charge < -0.3 is 25.2 Å². The van der Waals surface area contributed by atoms with Crippen molar-refractivity contribution < 1.29 is 30.0 Å². The molecule has 0 radical (unpaired) electrons. The SMILES string of the molecule is COC(=O)[C@]12CCC(C)(C)C[C@H]1C1=CC[C@@H]3[C@@]4(C)C[C@H](O)[C@H](O)[C@@](C)(CO)[C@H]4[C@@H](O)C[C@@]3(C)[C@]1(C)CC2. The Morgan fingerprint density at radius 2 is 1.59 bits per heavy atom. The van der Waals surface area contributed by atoms with E-state index in [9.17, 15) is 25.2 Å². The van der Waals surface area contributed by atoms with Gasteiger partial charge in [-0.15, -0.1) is 0 Å². The van der Waals surface area contributed by atoms with Crippen LogP contribution in [0.15, 0.2) is 11.6 Å². The number of allylic oxidation sites excluding steroid dienone is 2. The Hall–Kier alpha value is -0.950. The number of fused-ring (bicyclic) bond motifs is 7. The predicted molar refractivity (Wildman–Crippen MR) is 141 cm³/mol. The number of hydrogen-bond acceptors (Lipinski definition) is 6. The smallest absolute Gasteiger partial charge is 0.312 e. The molecule has 11 atom stereocenters. The number of rotatable bonds is 2. The van der Waals surface area contributed by atoms with Gasteiger partial charge in [0.2, 0.25) is 0 Å². The molecule has 210 valence electrons. The Labute approximate surface area is 222 Å². The lowest BCUT2D eigenvalue weighted by molar-refractivity contribution is -0.273. The third-order valence-electron chi connectivity index (χ3n) is 13.2. The highest BCUT2D eigenvalue weighted by Gasteiger charge is 2.72. The topological polar surface area (TPSA) is 107 Å². The number of carbonyl (C=O) groups excluding carboxylic acids is 1. The van der Waals surface area contributed by atoms with Crippen molar-refractivity contribution in [2.24, 2.45) is 50.2 Å². The number of methoxy groups -OCH3 is 1. The van der Waals surface area contributed by atoms with Gasteiger partial charge in [-0.2, -0.15) is 0 Å². The van der Waals surface area contributed by atoms with Gasteiger partial charge in [-0.3, -0.25) is 4.79 Å². The Morgan fingerprint density at radius 3 is 2.22 bits per heavy atom. The lowest BCUT2D eigenvalue weighted by Crippen LogP contribution is -2.71. The van der Waals surface area contributed by atoms with Gasteiger partial charge >= 0.3 is 5.97 Å². The largest absolute Gasteiger partial charge is 0.469 e. The second-order valence-electron chi connectivity index (χ2n) is 15.4. The summed E-state index contributed by atoms with van der Waals surface area (Å²) in [7, 11) is 1.52. The van der Waals surface area contributed by atoms with E-state index in [1.54, 1.807) is 0 Å². The van der Waals surface area contributed by atoms with E-state index in [0.29, 0.717) is 12.8 Å². The third kappa shape index (κ3) is 3.34. The van der Waals surface area contributed by atoms with Crippen LogP contribution in [-0.4, -0.2) is 58.4 Å². The summed E-state index contributed by atoms with van der Waals surface area (Å²) >= 11 is 0. The molecule has 0 saturated heterocycles. The van der Waals surface area contributed by atoms with Crippen molar-refractivity contribution in [3.05, 3.63) is 11.6 Å². The summed E-state index contributed by atoms with van der Waals surface area (Å²) in [5, 5.41) is 44.3. The zero-order valence-corrected chi connectivity index (χ0v) is 24.0. The van der Waals surface area contributed by atoms with E-state index in [1.807, 2.05) is 6.92 Å². The zero-order valence-electron chi connectivity index (χ0n) is 24.0. The van der Waals surface area contributed by atoms with Crippen molar-refractivity contribution in [1.29, 1.82) is 0 Å². The van der Waals surface area contributed by atoms with Crippen LogP contribution in [0.4, 0.5) is 0 Å². The molecule has 0 spiro atoms. The minimum Gasteiger partial charge on any atom is -0.469 e. The molecule has 6 heteroatoms. The molecule has 0 bridgehead atoms. The average molecular weight is 519 g/mol. The van der Waals surface area contributed by atoms with Gasteiger partial charge in [0.15, 0.2) is 0 Å². The molecular weight excluding hydrogens is 468 g/mol. The molecule has 4 N–H and O–H groups in total. The molecular formula is C31H50O6. The standard InChI is InChI=1S/C31H50O6/c1-26(2)10-12-31(25(36)37-7)13-11-29(5)18(19(31)14-26)8-9-22-27(3)15-21(34)24(35)28(4,17-32)23(27)20(33)16-30(22,29)6/h8,19-24,32-35H,9-17H2,1-7H3/t19-,20-,21-,22+,23-,24-,27+,28-,29+,30+,31-/m0/s1. The number of aliphatic hydroxyl groups excluding tert-OH is 4. The van der Waals surface area contributed by atoms with Crippen LogP contribution in [0.1, 0.15) is 92.9 Å². The van der Waals surface area contributed by atoms with Crippen LogP contribution in [0.5, 0.6) is 0 Å². The summed E-state index contributed by atoms with van der Waals surface area (Å²) in [6.45, 7) is 13.1. The van der Waals surface area contributed by atoms with E-state index in [1.165, 1.54) is 12.7 Å². The van der Waals surface area contributed by atoms with Crippen LogP contribution >= 0.6 is 0 Å². The molecule has 5 aliphatic carbocycles. The summed E-state index contributed by atoms with van der Waals surface area (Å²) in [6, 6.07) is 0. The zero-order chi connectivity index (χ0) is 27.4. The van der Waals surface area contributed by atoms with E-state index in [0.717, 1.165) is 38.5 Å². The molecule has 0 aromatic rings. The fourth-order valence-electron chi connectivity index (χ4n) is 11.1. The maximum Gasteiger partial charge on any atom is 0.312 e. The number of ether oxygens (including phenoxy) is 1. The van der Waals surface area contributed by atoms with Crippen molar-refractivity contribution in [3.63, 3.8) is 0 Å². The molecule has 0 heterocycles. The highest BCUT2D eigenvalue weighted by molar-refractivity contribution is 5.78. The molecule has 6 nitrogen and oxygen atoms in total. The molecule has 4 fully saturated rings. The second-order valence-corrected chi connectivity index (χ2v) is 15.4. The Morgan fingerprint density at radius 1 is 0.946 bits per heavy atom. The van der Waals surface area contributed by atoms with Crippen LogP contribution in [0, 0.1) is 50.2 Å².